The van der Waals surface area contributed by atoms with E-state index in [2.05, 4.69) is 0 Å². The molecule has 30 heavy (non-hydrogen) atoms. The van der Waals surface area contributed by atoms with E-state index in [0.717, 1.165) is 0 Å². The van der Waals surface area contributed by atoms with E-state index in [0.29, 0.717) is 28.1 Å². The highest BCUT2D eigenvalue weighted by molar-refractivity contribution is 5.90. The van der Waals surface area contributed by atoms with Crippen LogP contribution in [0.3, 0.4) is 0 Å². The Labute approximate surface area is 169 Å². The SMILES string of the molecule is O=C1C[C@@H](c2ccc(-c3ccc(C(=O)O)cc3)o2)c2c(c3ccccc3oc2=O)O1. The maximum absolute atomic E-state index is 12.7. The second-order valence-corrected chi connectivity index (χ2v) is 6.94. The number of ether oxygens (including phenoxy) is 1. The molecule has 7 heteroatoms. The normalized spacial score (nSPS) is 15.6. The number of aromatic carboxylic acids is 1. The molecule has 0 unspecified atom stereocenters. The summed E-state index contributed by atoms with van der Waals surface area (Å²) in [5, 5.41) is 9.58. The van der Waals surface area contributed by atoms with E-state index in [9.17, 15) is 14.4 Å². The zero-order chi connectivity index (χ0) is 20.8. The molecule has 2 aromatic heterocycles. The summed E-state index contributed by atoms with van der Waals surface area (Å²) < 4.78 is 16.8. The Morgan fingerprint density at radius 2 is 1.70 bits per heavy atom. The van der Waals surface area contributed by atoms with E-state index in [-0.39, 0.29) is 23.3 Å². The molecule has 0 spiro atoms. The number of carboxylic acids is 1. The van der Waals surface area contributed by atoms with Crippen LogP contribution in [0.1, 0.15) is 34.0 Å². The third-order valence-electron chi connectivity index (χ3n) is 5.12. The second-order valence-electron chi connectivity index (χ2n) is 6.94. The summed E-state index contributed by atoms with van der Waals surface area (Å²) in [4.78, 5) is 36.0. The number of furan rings is 1. The molecule has 1 aliphatic heterocycles. The van der Waals surface area contributed by atoms with Crippen molar-refractivity contribution in [2.75, 3.05) is 0 Å². The van der Waals surface area contributed by atoms with E-state index in [1.165, 1.54) is 12.1 Å². The molecule has 1 N–H and O–H groups in total. The minimum Gasteiger partial charge on any atom is -0.478 e. The highest BCUT2D eigenvalue weighted by Gasteiger charge is 2.35. The molecule has 1 atom stereocenters. The van der Waals surface area contributed by atoms with E-state index >= 15 is 0 Å². The average molecular weight is 402 g/mol. The van der Waals surface area contributed by atoms with Crippen molar-refractivity contribution in [2.45, 2.75) is 12.3 Å². The smallest absolute Gasteiger partial charge is 0.344 e. The Morgan fingerprint density at radius 3 is 2.47 bits per heavy atom. The first-order chi connectivity index (χ1) is 14.5. The van der Waals surface area contributed by atoms with Gasteiger partial charge in [-0.3, -0.25) is 4.79 Å². The first kappa shape index (κ1) is 17.9. The zero-order valence-corrected chi connectivity index (χ0v) is 15.5. The molecule has 0 bridgehead atoms. The molecule has 0 saturated heterocycles. The molecule has 148 valence electrons. The molecule has 0 amide bonds. The van der Waals surface area contributed by atoms with Crippen LogP contribution in [0.5, 0.6) is 5.75 Å². The summed E-state index contributed by atoms with van der Waals surface area (Å²) in [6.07, 6.45) is -0.0546. The number of esters is 1. The number of fused-ring (bicyclic) bond motifs is 3. The predicted octanol–water partition coefficient (Wildman–Crippen LogP) is 4.19. The van der Waals surface area contributed by atoms with Crippen molar-refractivity contribution in [3.05, 3.63) is 88.0 Å². The van der Waals surface area contributed by atoms with Gasteiger partial charge in [0.05, 0.1) is 28.9 Å². The number of carboxylic acid groups (broad SMARTS) is 1. The van der Waals surface area contributed by atoms with E-state index in [1.54, 1.807) is 48.5 Å². The van der Waals surface area contributed by atoms with Gasteiger partial charge in [-0.05, 0) is 36.4 Å². The van der Waals surface area contributed by atoms with Crippen LogP contribution in [0.25, 0.3) is 22.3 Å². The van der Waals surface area contributed by atoms with E-state index < -0.39 is 23.5 Å². The Hall–Kier alpha value is -4.13. The van der Waals surface area contributed by atoms with Gasteiger partial charge in [-0.15, -0.1) is 0 Å². The molecule has 7 nitrogen and oxygen atoms in total. The topological polar surface area (TPSA) is 107 Å². The van der Waals surface area contributed by atoms with Crippen molar-refractivity contribution in [1.29, 1.82) is 0 Å². The van der Waals surface area contributed by atoms with Gasteiger partial charge in [0.1, 0.15) is 17.1 Å². The van der Waals surface area contributed by atoms with Crippen molar-refractivity contribution >= 4 is 22.9 Å². The summed E-state index contributed by atoms with van der Waals surface area (Å²) in [7, 11) is 0. The van der Waals surface area contributed by atoms with Crippen LogP contribution in [0.4, 0.5) is 0 Å². The molecule has 5 rings (SSSR count). The Kier molecular flexibility index (Phi) is 4.03. The van der Waals surface area contributed by atoms with Crippen molar-refractivity contribution in [2.24, 2.45) is 0 Å². The predicted molar refractivity (Wildman–Crippen MR) is 106 cm³/mol. The van der Waals surface area contributed by atoms with E-state index in [4.69, 9.17) is 18.7 Å². The second kappa shape index (κ2) is 6.73. The lowest BCUT2D eigenvalue weighted by molar-refractivity contribution is -0.135. The molecule has 0 aliphatic carbocycles. The van der Waals surface area contributed by atoms with Crippen molar-refractivity contribution < 1.29 is 28.3 Å². The minimum absolute atomic E-state index is 0.0546. The highest BCUT2D eigenvalue weighted by atomic mass is 16.5. The summed E-state index contributed by atoms with van der Waals surface area (Å²) in [6.45, 7) is 0. The number of benzene rings is 2. The van der Waals surface area contributed by atoms with Crippen LogP contribution in [-0.4, -0.2) is 17.0 Å². The Bertz CT molecular complexity index is 1360. The number of hydrogen-bond donors (Lipinski definition) is 1. The molecule has 0 saturated carbocycles. The van der Waals surface area contributed by atoms with Gasteiger partial charge in [-0.1, -0.05) is 24.3 Å². The van der Waals surface area contributed by atoms with Crippen molar-refractivity contribution in [3.8, 4) is 17.1 Å². The molecule has 1 aliphatic rings. The quantitative estimate of drug-likeness (QED) is 0.404. The summed E-state index contributed by atoms with van der Waals surface area (Å²) in [5.41, 5.74) is 0.850. The van der Waals surface area contributed by atoms with Crippen LogP contribution >= 0.6 is 0 Å². The molecular formula is C23H14O7. The fourth-order valence-corrected chi connectivity index (χ4v) is 3.69. The van der Waals surface area contributed by atoms with Gasteiger partial charge in [0.25, 0.3) is 0 Å². The molecule has 2 aromatic carbocycles. The summed E-state index contributed by atoms with van der Waals surface area (Å²) in [5.74, 6) is -1.01. The molecule has 4 aromatic rings. The highest BCUT2D eigenvalue weighted by Crippen LogP contribution is 2.41. The van der Waals surface area contributed by atoms with Gasteiger partial charge >= 0.3 is 17.6 Å². The van der Waals surface area contributed by atoms with Gasteiger partial charge in [0.2, 0.25) is 0 Å². The fourth-order valence-electron chi connectivity index (χ4n) is 3.69. The average Bonchev–Trinajstić information content (AvgIpc) is 3.23. The Morgan fingerprint density at radius 1 is 0.933 bits per heavy atom. The van der Waals surface area contributed by atoms with Gasteiger partial charge in [-0.2, -0.15) is 0 Å². The molecule has 0 radical (unpaired) electrons. The van der Waals surface area contributed by atoms with Crippen molar-refractivity contribution in [3.63, 3.8) is 0 Å². The van der Waals surface area contributed by atoms with Crippen LogP contribution in [0.15, 0.2) is 74.3 Å². The number of hydrogen-bond acceptors (Lipinski definition) is 6. The first-order valence-corrected chi connectivity index (χ1v) is 9.21. The number of para-hydroxylation sites is 1. The minimum atomic E-state index is -1.02. The third kappa shape index (κ3) is 2.88. The standard InChI is InChI=1S/C23H14O7/c24-19-11-15(20-21(30-19)14-3-1-2-4-17(14)29-23(20)27)18-10-9-16(28-18)12-5-7-13(8-6-12)22(25)26/h1-10,15H,11H2,(H,25,26)/t15-/m0/s1. The van der Waals surface area contributed by atoms with Gasteiger partial charge < -0.3 is 18.7 Å². The van der Waals surface area contributed by atoms with Crippen LogP contribution in [-0.2, 0) is 4.79 Å². The van der Waals surface area contributed by atoms with Crippen LogP contribution < -0.4 is 10.4 Å². The van der Waals surface area contributed by atoms with Crippen molar-refractivity contribution in [1.82, 2.24) is 0 Å². The Balaban J connectivity index is 1.60. The third-order valence-corrected chi connectivity index (χ3v) is 5.12. The number of carbonyl (C=O) groups is 2. The van der Waals surface area contributed by atoms with Gasteiger partial charge in [0.15, 0.2) is 5.75 Å². The molecule has 3 heterocycles. The van der Waals surface area contributed by atoms with Crippen LogP contribution in [0.2, 0.25) is 0 Å². The lowest BCUT2D eigenvalue weighted by atomic mass is 9.91. The maximum Gasteiger partial charge on any atom is 0.344 e. The fraction of sp³-hybridized carbons (Fsp3) is 0.0870. The van der Waals surface area contributed by atoms with Gasteiger partial charge in [-0.25, -0.2) is 9.59 Å². The van der Waals surface area contributed by atoms with E-state index in [1.807, 2.05) is 0 Å². The maximum atomic E-state index is 12.7. The summed E-state index contributed by atoms with van der Waals surface area (Å²) >= 11 is 0. The number of carbonyl (C=O) groups excluding carboxylic acids is 1. The molecular weight excluding hydrogens is 388 g/mol. The lowest BCUT2D eigenvalue weighted by Crippen LogP contribution is -2.26. The monoisotopic (exact) mass is 402 g/mol. The van der Waals surface area contributed by atoms with Crippen LogP contribution in [0, 0.1) is 0 Å². The molecule has 0 fully saturated rings. The zero-order valence-electron chi connectivity index (χ0n) is 15.5. The largest absolute Gasteiger partial charge is 0.478 e. The summed E-state index contributed by atoms with van der Waals surface area (Å²) in [6, 6.07) is 16.5. The lowest BCUT2D eigenvalue weighted by Gasteiger charge is -2.22. The first-order valence-electron chi connectivity index (χ1n) is 9.21. The number of rotatable bonds is 3. The van der Waals surface area contributed by atoms with Gasteiger partial charge in [0, 0.05) is 5.56 Å².